The number of esters is 2. The smallest absolute Gasteiger partial charge is 0.376 e. The van der Waals surface area contributed by atoms with E-state index >= 15 is 0 Å². The highest BCUT2D eigenvalue weighted by atomic mass is 35.5. The monoisotopic (exact) mass is 548 g/mol. The maximum absolute atomic E-state index is 13.7. The highest BCUT2D eigenvalue weighted by molar-refractivity contribution is 7.80. The molecule has 11 heteroatoms. The maximum atomic E-state index is 13.7. The van der Waals surface area contributed by atoms with Crippen LogP contribution in [-0.4, -0.2) is 46.3 Å². The van der Waals surface area contributed by atoms with E-state index in [1.165, 1.54) is 6.08 Å². The number of hydrogen-bond donors (Lipinski definition) is 1. The SMILES string of the molecule is O=C1CCC(C(=O)OC(c2ccccc2)c2ccccc2)(N2OC[C@H](NC(=S)CC=C(Cl)Cl)C2=O)O1. The quantitative estimate of drug-likeness (QED) is 0.389. The second kappa shape index (κ2) is 11.4. The van der Waals surface area contributed by atoms with E-state index < -0.39 is 35.7 Å². The molecule has 2 aliphatic rings. The Morgan fingerprint density at radius 1 is 1.14 bits per heavy atom. The van der Waals surface area contributed by atoms with E-state index in [1.807, 2.05) is 60.7 Å². The van der Waals surface area contributed by atoms with Gasteiger partial charge in [-0.2, -0.15) is 5.06 Å². The molecule has 0 aliphatic carbocycles. The molecule has 0 spiro atoms. The summed E-state index contributed by atoms with van der Waals surface area (Å²) >= 11 is 16.4. The number of hydroxylamine groups is 2. The minimum Gasteiger partial charge on any atom is -0.448 e. The molecule has 2 aromatic carbocycles. The van der Waals surface area contributed by atoms with Gasteiger partial charge in [0, 0.05) is 12.8 Å². The van der Waals surface area contributed by atoms with Crippen molar-refractivity contribution < 1.29 is 28.7 Å². The van der Waals surface area contributed by atoms with Gasteiger partial charge in [-0.05, 0) is 17.2 Å². The summed E-state index contributed by atoms with van der Waals surface area (Å²) in [5.41, 5.74) is -0.643. The van der Waals surface area contributed by atoms with Crippen molar-refractivity contribution in [3.63, 3.8) is 0 Å². The summed E-state index contributed by atoms with van der Waals surface area (Å²) in [6.45, 7) is -0.134. The maximum Gasteiger partial charge on any atom is 0.376 e. The van der Waals surface area contributed by atoms with E-state index in [9.17, 15) is 14.4 Å². The first-order valence-electron chi connectivity index (χ1n) is 11.1. The second-order valence-corrected chi connectivity index (χ2v) is 9.61. The second-order valence-electron chi connectivity index (χ2n) is 8.11. The zero-order valence-electron chi connectivity index (χ0n) is 18.9. The molecule has 4 rings (SSSR count). The van der Waals surface area contributed by atoms with Gasteiger partial charge in [0.25, 0.3) is 5.91 Å². The highest BCUT2D eigenvalue weighted by Gasteiger charge is 2.60. The van der Waals surface area contributed by atoms with Crippen LogP contribution in [0, 0.1) is 0 Å². The fourth-order valence-corrected chi connectivity index (χ4v) is 4.33. The molecule has 0 bridgehead atoms. The number of thiocarbonyl (C=S) groups is 1. The Balaban J connectivity index is 1.58. The topological polar surface area (TPSA) is 94.2 Å². The highest BCUT2D eigenvalue weighted by Crippen LogP contribution is 2.37. The number of hydrogen-bond acceptors (Lipinski definition) is 7. The summed E-state index contributed by atoms with van der Waals surface area (Å²) in [5, 5.41) is 3.65. The molecule has 2 saturated heterocycles. The lowest BCUT2D eigenvalue weighted by molar-refractivity contribution is -0.260. The summed E-state index contributed by atoms with van der Waals surface area (Å²) in [5.74, 6) is -2.19. The van der Waals surface area contributed by atoms with Crippen molar-refractivity contribution in [3.05, 3.63) is 82.4 Å². The average molecular weight is 549 g/mol. The Kier molecular flexibility index (Phi) is 8.25. The molecule has 2 fully saturated rings. The number of halogens is 2. The molecular formula is C25H22Cl2N2O6S. The molecule has 188 valence electrons. The number of carbonyl (C=O) groups excluding carboxylic acids is 3. The number of cyclic esters (lactones) is 1. The standard InChI is InChI=1S/C25H22Cl2N2O6S/c26-19(27)11-12-20(36)28-18-15-33-29(23(18)31)25(14-13-21(30)35-25)24(32)34-22(16-7-3-1-4-8-16)17-9-5-2-6-10-17/h1-11,18,22H,12-15H2,(H,28,36)/t18-,25?/m0/s1. The molecule has 2 heterocycles. The number of nitrogens with zero attached hydrogens (tertiary/aromatic N) is 1. The number of ether oxygens (including phenoxy) is 2. The minimum atomic E-state index is -2.06. The molecule has 0 aromatic heterocycles. The van der Waals surface area contributed by atoms with E-state index in [1.54, 1.807) is 0 Å². The minimum absolute atomic E-state index is 0.0423. The lowest BCUT2D eigenvalue weighted by Gasteiger charge is -2.34. The molecule has 0 radical (unpaired) electrons. The Morgan fingerprint density at radius 3 is 2.28 bits per heavy atom. The van der Waals surface area contributed by atoms with Crippen LogP contribution in [0.1, 0.15) is 36.5 Å². The molecule has 8 nitrogen and oxygen atoms in total. The van der Waals surface area contributed by atoms with Gasteiger partial charge in [-0.25, -0.2) is 4.79 Å². The third kappa shape index (κ3) is 5.70. The van der Waals surface area contributed by atoms with Gasteiger partial charge in [0.05, 0.1) is 11.4 Å². The Bertz CT molecular complexity index is 1140. The largest absolute Gasteiger partial charge is 0.448 e. The van der Waals surface area contributed by atoms with Gasteiger partial charge in [-0.1, -0.05) is 96.1 Å². The summed E-state index contributed by atoms with van der Waals surface area (Å²) in [6, 6.07) is 17.4. The summed E-state index contributed by atoms with van der Waals surface area (Å²) in [6.07, 6.45) is 0.677. The molecule has 1 N–H and O–H groups in total. The first-order chi connectivity index (χ1) is 17.3. The Hall–Kier alpha value is -2.98. The van der Waals surface area contributed by atoms with Crippen LogP contribution < -0.4 is 5.32 Å². The summed E-state index contributed by atoms with van der Waals surface area (Å²) in [4.78, 5) is 44.9. The van der Waals surface area contributed by atoms with E-state index in [0.717, 1.165) is 5.06 Å². The van der Waals surface area contributed by atoms with Gasteiger partial charge in [-0.15, -0.1) is 0 Å². The van der Waals surface area contributed by atoms with E-state index in [0.29, 0.717) is 16.1 Å². The van der Waals surface area contributed by atoms with Crippen LogP contribution in [0.25, 0.3) is 0 Å². The van der Waals surface area contributed by atoms with Crippen LogP contribution >= 0.6 is 35.4 Å². The normalized spacial score (nSPS) is 21.3. The molecule has 0 saturated carbocycles. The number of rotatable bonds is 8. The third-order valence-electron chi connectivity index (χ3n) is 5.67. The molecule has 36 heavy (non-hydrogen) atoms. The molecule has 2 aliphatic heterocycles. The van der Waals surface area contributed by atoms with E-state index in [4.69, 9.17) is 49.7 Å². The van der Waals surface area contributed by atoms with Gasteiger partial charge in [0.2, 0.25) is 0 Å². The molecule has 2 aromatic rings. The van der Waals surface area contributed by atoms with E-state index in [2.05, 4.69) is 5.32 Å². The van der Waals surface area contributed by atoms with Gasteiger partial charge >= 0.3 is 17.7 Å². The van der Waals surface area contributed by atoms with Gasteiger partial charge in [-0.3, -0.25) is 14.4 Å². The van der Waals surface area contributed by atoms with Crippen molar-refractivity contribution in [1.82, 2.24) is 10.4 Å². The number of nitrogens with one attached hydrogen (secondary N) is 1. The number of amides is 1. The predicted octanol–water partition coefficient (Wildman–Crippen LogP) is 4.12. The first kappa shape index (κ1) is 26.1. The van der Waals surface area contributed by atoms with Crippen LogP contribution in [-0.2, 0) is 28.7 Å². The summed E-state index contributed by atoms with van der Waals surface area (Å²) in [7, 11) is 0. The van der Waals surface area contributed by atoms with Crippen molar-refractivity contribution in [1.29, 1.82) is 0 Å². The van der Waals surface area contributed by atoms with Crippen LogP contribution in [0.3, 0.4) is 0 Å². The van der Waals surface area contributed by atoms with Gasteiger partial charge < -0.3 is 14.8 Å². The van der Waals surface area contributed by atoms with Crippen LogP contribution in [0.5, 0.6) is 0 Å². The number of carbonyl (C=O) groups is 3. The third-order valence-corrected chi connectivity index (χ3v) is 6.27. The molecule has 1 unspecified atom stereocenters. The predicted molar refractivity (Wildman–Crippen MR) is 136 cm³/mol. The Labute approximate surface area is 223 Å². The van der Waals surface area contributed by atoms with E-state index in [-0.39, 0.29) is 30.4 Å². The summed E-state index contributed by atoms with van der Waals surface area (Å²) < 4.78 is 11.4. The van der Waals surface area contributed by atoms with Crippen LogP contribution in [0.4, 0.5) is 0 Å². The lowest BCUT2D eigenvalue weighted by Crippen LogP contribution is -2.57. The van der Waals surface area contributed by atoms with Crippen molar-refractivity contribution in [2.75, 3.05) is 6.61 Å². The van der Waals surface area contributed by atoms with Gasteiger partial charge in [0.1, 0.15) is 17.1 Å². The zero-order chi connectivity index (χ0) is 25.7. The van der Waals surface area contributed by atoms with Crippen molar-refractivity contribution in [2.45, 2.75) is 37.1 Å². The van der Waals surface area contributed by atoms with Crippen LogP contribution in [0.2, 0.25) is 0 Å². The van der Waals surface area contributed by atoms with Crippen molar-refractivity contribution >= 4 is 58.3 Å². The number of benzene rings is 2. The molecular weight excluding hydrogens is 527 g/mol. The lowest BCUT2D eigenvalue weighted by atomic mass is 10.0. The van der Waals surface area contributed by atoms with Crippen molar-refractivity contribution in [2.24, 2.45) is 0 Å². The van der Waals surface area contributed by atoms with Crippen LogP contribution in [0.15, 0.2) is 71.2 Å². The average Bonchev–Trinajstić information content (AvgIpc) is 3.45. The van der Waals surface area contributed by atoms with Gasteiger partial charge in [0.15, 0.2) is 6.10 Å². The first-order valence-corrected chi connectivity index (χ1v) is 12.3. The fourth-order valence-electron chi connectivity index (χ4n) is 3.95. The van der Waals surface area contributed by atoms with Crippen molar-refractivity contribution in [3.8, 4) is 0 Å². The molecule has 2 atom stereocenters. The Morgan fingerprint density at radius 2 is 1.75 bits per heavy atom. The fraction of sp³-hybridized carbons (Fsp3) is 0.280. The molecule has 1 amide bonds. The zero-order valence-corrected chi connectivity index (χ0v) is 21.2.